The Labute approximate surface area is 117 Å². The van der Waals surface area contributed by atoms with Gasteiger partial charge in [0.15, 0.2) is 4.77 Å². The van der Waals surface area contributed by atoms with Gasteiger partial charge in [0.1, 0.15) is 5.82 Å². The lowest BCUT2D eigenvalue weighted by Crippen LogP contribution is -2.03. The van der Waals surface area contributed by atoms with Crippen LogP contribution in [0.5, 0.6) is 0 Å². The summed E-state index contributed by atoms with van der Waals surface area (Å²) in [6, 6.07) is 3.44. The molecule has 1 aromatic heterocycles. The van der Waals surface area contributed by atoms with Crippen LogP contribution in [0.25, 0.3) is 11.0 Å². The minimum absolute atomic E-state index is 0.174. The molecule has 1 aromatic carbocycles. The Morgan fingerprint density at radius 1 is 1.37 bits per heavy atom. The van der Waals surface area contributed by atoms with E-state index in [-0.39, 0.29) is 5.82 Å². The van der Waals surface area contributed by atoms with Crippen LogP contribution in [0.4, 0.5) is 4.39 Å². The van der Waals surface area contributed by atoms with Gasteiger partial charge in [0, 0.05) is 6.54 Å². The van der Waals surface area contributed by atoms with E-state index in [0.717, 1.165) is 23.5 Å². The fourth-order valence-electron chi connectivity index (χ4n) is 3.11. The van der Waals surface area contributed by atoms with E-state index in [0.29, 0.717) is 10.3 Å². The average Bonchev–Trinajstić information content (AvgIpc) is 2.96. The number of hydrogen-bond acceptors (Lipinski definition) is 1. The second kappa shape index (κ2) is 5.08. The first-order valence-corrected chi connectivity index (χ1v) is 7.44. The summed E-state index contributed by atoms with van der Waals surface area (Å²) in [4.78, 5) is 3.11. The lowest BCUT2D eigenvalue weighted by Gasteiger charge is -2.10. The summed E-state index contributed by atoms with van der Waals surface area (Å²) in [5.74, 6) is 0.667. The molecule has 0 atom stereocenters. The molecule has 0 bridgehead atoms. The molecule has 0 spiro atoms. The van der Waals surface area contributed by atoms with Gasteiger partial charge in [0.25, 0.3) is 0 Å². The molecule has 2 aromatic rings. The van der Waals surface area contributed by atoms with Crippen molar-refractivity contribution >= 4 is 23.3 Å². The molecule has 3 rings (SSSR count). The standard InChI is InChI=1S/C15H19FN2S/c1-10-8-14-13(9-12(10)16)17-15(19)18(14)7-6-11-4-2-3-5-11/h8-9,11H,2-7H2,1H3,(H,17,19). The number of fused-ring (bicyclic) bond motifs is 1. The molecule has 102 valence electrons. The third kappa shape index (κ3) is 2.46. The highest BCUT2D eigenvalue weighted by atomic mass is 32.1. The van der Waals surface area contributed by atoms with Crippen LogP contribution in [-0.4, -0.2) is 9.55 Å². The van der Waals surface area contributed by atoms with E-state index in [1.807, 2.05) is 6.07 Å². The fourth-order valence-corrected chi connectivity index (χ4v) is 3.41. The summed E-state index contributed by atoms with van der Waals surface area (Å²) in [5.41, 5.74) is 2.51. The summed E-state index contributed by atoms with van der Waals surface area (Å²) in [6.45, 7) is 2.74. The van der Waals surface area contributed by atoms with Crippen LogP contribution in [0.1, 0.15) is 37.7 Å². The molecule has 0 unspecified atom stereocenters. The maximum atomic E-state index is 13.6. The minimum Gasteiger partial charge on any atom is -0.330 e. The zero-order valence-corrected chi connectivity index (χ0v) is 12.0. The van der Waals surface area contributed by atoms with E-state index < -0.39 is 0 Å². The number of benzene rings is 1. The van der Waals surface area contributed by atoms with E-state index in [1.165, 1.54) is 32.1 Å². The molecule has 0 saturated heterocycles. The number of nitrogens with one attached hydrogen (secondary N) is 1. The van der Waals surface area contributed by atoms with Gasteiger partial charge in [0.05, 0.1) is 11.0 Å². The van der Waals surface area contributed by atoms with Gasteiger partial charge in [0.2, 0.25) is 0 Å². The largest absolute Gasteiger partial charge is 0.330 e. The number of aromatic nitrogens is 2. The van der Waals surface area contributed by atoms with E-state index in [1.54, 1.807) is 13.0 Å². The quantitative estimate of drug-likeness (QED) is 0.805. The molecule has 0 amide bonds. The number of halogens is 1. The summed E-state index contributed by atoms with van der Waals surface area (Å²) in [7, 11) is 0. The highest BCUT2D eigenvalue weighted by Crippen LogP contribution is 2.28. The second-order valence-corrected chi connectivity index (χ2v) is 6.03. The van der Waals surface area contributed by atoms with Crippen LogP contribution in [0, 0.1) is 23.4 Å². The zero-order chi connectivity index (χ0) is 13.4. The molecule has 1 N–H and O–H groups in total. The van der Waals surface area contributed by atoms with Gasteiger partial charge in [-0.15, -0.1) is 0 Å². The topological polar surface area (TPSA) is 20.7 Å². The fraction of sp³-hybridized carbons (Fsp3) is 0.533. The van der Waals surface area contributed by atoms with Crippen molar-refractivity contribution in [2.75, 3.05) is 0 Å². The number of imidazole rings is 1. The highest BCUT2D eigenvalue weighted by molar-refractivity contribution is 7.71. The maximum absolute atomic E-state index is 13.6. The van der Waals surface area contributed by atoms with Gasteiger partial charge in [-0.3, -0.25) is 0 Å². The van der Waals surface area contributed by atoms with E-state index in [9.17, 15) is 4.39 Å². The molecule has 1 aliphatic rings. The van der Waals surface area contributed by atoms with Crippen LogP contribution >= 0.6 is 12.2 Å². The second-order valence-electron chi connectivity index (χ2n) is 5.64. The Morgan fingerprint density at radius 3 is 2.84 bits per heavy atom. The number of aryl methyl sites for hydroxylation is 2. The van der Waals surface area contributed by atoms with Crippen LogP contribution in [0.3, 0.4) is 0 Å². The molecule has 1 heterocycles. The Morgan fingerprint density at radius 2 is 2.11 bits per heavy atom. The lowest BCUT2D eigenvalue weighted by atomic mass is 10.0. The molecule has 1 fully saturated rings. The van der Waals surface area contributed by atoms with Crippen molar-refractivity contribution in [3.8, 4) is 0 Å². The molecule has 2 nitrogen and oxygen atoms in total. The van der Waals surface area contributed by atoms with Crippen molar-refractivity contribution in [2.45, 2.75) is 45.6 Å². The molecule has 0 radical (unpaired) electrons. The highest BCUT2D eigenvalue weighted by Gasteiger charge is 2.16. The van der Waals surface area contributed by atoms with Gasteiger partial charge in [-0.05, 0) is 49.2 Å². The van der Waals surface area contributed by atoms with Crippen LogP contribution in [0.2, 0.25) is 0 Å². The van der Waals surface area contributed by atoms with Crippen molar-refractivity contribution in [3.05, 3.63) is 28.3 Å². The third-order valence-corrected chi connectivity index (χ3v) is 4.61. The van der Waals surface area contributed by atoms with Crippen LogP contribution in [0.15, 0.2) is 12.1 Å². The smallest absolute Gasteiger partial charge is 0.178 e. The molecule has 1 aliphatic carbocycles. The summed E-state index contributed by atoms with van der Waals surface area (Å²) < 4.78 is 16.4. The van der Waals surface area contributed by atoms with Crippen LogP contribution in [-0.2, 0) is 6.54 Å². The lowest BCUT2D eigenvalue weighted by molar-refractivity contribution is 0.460. The predicted octanol–water partition coefficient (Wildman–Crippen LogP) is 4.73. The van der Waals surface area contributed by atoms with Gasteiger partial charge >= 0.3 is 0 Å². The summed E-state index contributed by atoms with van der Waals surface area (Å²) >= 11 is 5.36. The molecule has 0 aliphatic heterocycles. The molecular weight excluding hydrogens is 259 g/mol. The Kier molecular flexibility index (Phi) is 3.44. The first-order valence-electron chi connectivity index (χ1n) is 7.04. The molecule has 4 heteroatoms. The third-order valence-electron chi connectivity index (χ3n) is 4.29. The van der Waals surface area contributed by atoms with Crippen molar-refractivity contribution < 1.29 is 4.39 Å². The van der Waals surface area contributed by atoms with E-state index in [4.69, 9.17) is 12.2 Å². The van der Waals surface area contributed by atoms with Crippen molar-refractivity contribution in [2.24, 2.45) is 5.92 Å². The molecule has 19 heavy (non-hydrogen) atoms. The normalized spacial score (nSPS) is 16.5. The van der Waals surface area contributed by atoms with Crippen molar-refractivity contribution in [3.63, 3.8) is 0 Å². The Bertz CT molecular complexity index is 650. The van der Waals surface area contributed by atoms with Crippen LogP contribution < -0.4 is 0 Å². The zero-order valence-electron chi connectivity index (χ0n) is 11.2. The first-order chi connectivity index (χ1) is 9.15. The molecular formula is C15H19FN2S. The summed E-state index contributed by atoms with van der Waals surface area (Å²) in [6.07, 6.45) is 6.62. The van der Waals surface area contributed by atoms with Gasteiger partial charge < -0.3 is 9.55 Å². The van der Waals surface area contributed by atoms with Gasteiger partial charge in [-0.2, -0.15) is 0 Å². The molecule has 1 saturated carbocycles. The maximum Gasteiger partial charge on any atom is 0.178 e. The summed E-state index contributed by atoms with van der Waals surface area (Å²) in [5, 5.41) is 0. The van der Waals surface area contributed by atoms with Crippen molar-refractivity contribution in [1.29, 1.82) is 0 Å². The monoisotopic (exact) mass is 278 g/mol. The van der Waals surface area contributed by atoms with Gasteiger partial charge in [-0.25, -0.2) is 4.39 Å². The van der Waals surface area contributed by atoms with E-state index >= 15 is 0 Å². The minimum atomic E-state index is -0.174. The SMILES string of the molecule is Cc1cc2c(cc1F)[nH]c(=S)n2CCC1CCCC1. The number of aromatic amines is 1. The number of rotatable bonds is 3. The Balaban J connectivity index is 1.91. The first kappa shape index (κ1) is 12.9. The van der Waals surface area contributed by atoms with Crippen molar-refractivity contribution in [1.82, 2.24) is 9.55 Å². The van der Waals surface area contributed by atoms with Gasteiger partial charge in [-0.1, -0.05) is 25.7 Å². The van der Waals surface area contributed by atoms with E-state index in [2.05, 4.69) is 9.55 Å². The average molecular weight is 278 g/mol. The number of H-pyrrole nitrogens is 1. The Hall–Kier alpha value is -1.16. The number of nitrogens with zero attached hydrogens (tertiary/aromatic N) is 1. The predicted molar refractivity (Wildman–Crippen MR) is 78.4 cm³/mol. The number of hydrogen-bond donors (Lipinski definition) is 1.